The van der Waals surface area contributed by atoms with Crippen molar-refractivity contribution in [3.05, 3.63) is 36.7 Å². The molecule has 15 heavy (non-hydrogen) atoms. The summed E-state index contributed by atoms with van der Waals surface area (Å²) in [6, 6.07) is 7.99. The van der Waals surface area contributed by atoms with E-state index in [1.54, 1.807) is 7.11 Å². The first kappa shape index (κ1) is 9.77. The van der Waals surface area contributed by atoms with E-state index in [-0.39, 0.29) is 0 Å². The fourth-order valence-corrected chi connectivity index (χ4v) is 1.47. The van der Waals surface area contributed by atoms with Crippen LogP contribution in [0.5, 0.6) is 5.75 Å². The molecule has 3 nitrogen and oxygen atoms in total. The predicted molar refractivity (Wildman–Crippen MR) is 59.9 cm³/mol. The molecule has 0 N–H and O–H groups in total. The number of benzene rings is 1. The third-order valence-corrected chi connectivity index (χ3v) is 2.38. The first-order valence-electron chi connectivity index (χ1n) is 5.00. The largest absolute Gasteiger partial charge is 0.497 e. The fourth-order valence-electron chi connectivity index (χ4n) is 1.47. The Morgan fingerprint density at radius 2 is 1.93 bits per heavy atom. The predicted octanol–water partition coefficient (Wildman–Crippen LogP) is 2.58. The van der Waals surface area contributed by atoms with Crippen molar-refractivity contribution in [2.45, 2.75) is 13.5 Å². The van der Waals surface area contributed by atoms with Crippen molar-refractivity contribution in [2.75, 3.05) is 7.11 Å². The summed E-state index contributed by atoms with van der Waals surface area (Å²) >= 11 is 0. The van der Waals surface area contributed by atoms with Crippen molar-refractivity contribution in [3.63, 3.8) is 0 Å². The second kappa shape index (κ2) is 4.17. The number of ether oxygens (including phenoxy) is 1. The van der Waals surface area contributed by atoms with Gasteiger partial charge in [-0.05, 0) is 24.6 Å². The quantitative estimate of drug-likeness (QED) is 0.764. The van der Waals surface area contributed by atoms with Crippen LogP contribution in [-0.2, 0) is 6.54 Å². The molecule has 1 aromatic carbocycles. The Bertz CT molecular complexity index is 431. The smallest absolute Gasteiger partial charge is 0.118 e. The normalized spacial score (nSPS) is 10.3. The highest BCUT2D eigenvalue weighted by Gasteiger charge is 2.00. The van der Waals surface area contributed by atoms with Crippen molar-refractivity contribution < 1.29 is 4.74 Å². The minimum Gasteiger partial charge on any atom is -0.497 e. The average Bonchev–Trinajstić information content (AvgIpc) is 2.78. The maximum Gasteiger partial charge on any atom is 0.118 e. The summed E-state index contributed by atoms with van der Waals surface area (Å²) in [5.41, 5.74) is 2.30. The van der Waals surface area contributed by atoms with Crippen LogP contribution in [0.3, 0.4) is 0 Å². The van der Waals surface area contributed by atoms with Gasteiger partial charge in [-0.3, -0.25) is 4.68 Å². The van der Waals surface area contributed by atoms with E-state index >= 15 is 0 Å². The average molecular weight is 202 g/mol. The third-order valence-electron chi connectivity index (χ3n) is 2.38. The molecule has 0 unspecified atom stereocenters. The molecule has 1 aromatic heterocycles. The van der Waals surface area contributed by atoms with Crippen LogP contribution in [0.15, 0.2) is 36.7 Å². The molecular weight excluding hydrogens is 188 g/mol. The lowest BCUT2D eigenvalue weighted by atomic mass is 10.1. The van der Waals surface area contributed by atoms with Gasteiger partial charge in [0.2, 0.25) is 0 Å². The summed E-state index contributed by atoms with van der Waals surface area (Å²) in [5.74, 6) is 0.877. The third kappa shape index (κ3) is 2.01. The van der Waals surface area contributed by atoms with Gasteiger partial charge in [0.25, 0.3) is 0 Å². The number of methoxy groups -OCH3 is 1. The second-order valence-corrected chi connectivity index (χ2v) is 3.31. The number of aryl methyl sites for hydroxylation is 1. The van der Waals surface area contributed by atoms with Crippen LogP contribution >= 0.6 is 0 Å². The lowest BCUT2D eigenvalue weighted by molar-refractivity contribution is 0.415. The van der Waals surface area contributed by atoms with Crippen molar-refractivity contribution >= 4 is 0 Å². The highest BCUT2D eigenvalue weighted by atomic mass is 16.5. The summed E-state index contributed by atoms with van der Waals surface area (Å²) in [6.45, 7) is 2.97. The van der Waals surface area contributed by atoms with Gasteiger partial charge in [0, 0.05) is 18.3 Å². The number of rotatable bonds is 3. The molecule has 78 valence electrons. The molecule has 1 heterocycles. The maximum atomic E-state index is 5.11. The van der Waals surface area contributed by atoms with Gasteiger partial charge in [-0.15, -0.1) is 0 Å². The van der Waals surface area contributed by atoms with Crippen LogP contribution < -0.4 is 4.74 Å². The highest BCUT2D eigenvalue weighted by Crippen LogP contribution is 2.21. The van der Waals surface area contributed by atoms with Crippen molar-refractivity contribution in [3.8, 4) is 16.9 Å². The van der Waals surface area contributed by atoms with Crippen molar-refractivity contribution in [2.24, 2.45) is 0 Å². The molecule has 2 rings (SSSR count). The first-order chi connectivity index (χ1) is 7.33. The molecule has 0 atom stereocenters. The fraction of sp³-hybridized carbons (Fsp3) is 0.250. The van der Waals surface area contributed by atoms with E-state index < -0.39 is 0 Å². The molecule has 0 saturated heterocycles. The number of hydrogen-bond acceptors (Lipinski definition) is 2. The van der Waals surface area contributed by atoms with E-state index in [0.717, 1.165) is 23.4 Å². The zero-order valence-corrected chi connectivity index (χ0v) is 8.97. The van der Waals surface area contributed by atoms with Gasteiger partial charge in [0.1, 0.15) is 5.75 Å². The Morgan fingerprint density at radius 3 is 2.47 bits per heavy atom. The number of hydrogen-bond donors (Lipinski definition) is 0. The monoisotopic (exact) mass is 202 g/mol. The highest BCUT2D eigenvalue weighted by molar-refractivity contribution is 5.62. The summed E-state index contributed by atoms with van der Waals surface area (Å²) < 4.78 is 7.03. The Labute approximate surface area is 89.3 Å². The van der Waals surface area contributed by atoms with E-state index in [9.17, 15) is 0 Å². The minimum absolute atomic E-state index is 0.877. The lowest BCUT2D eigenvalue weighted by Gasteiger charge is -2.00. The molecule has 0 fully saturated rings. The van der Waals surface area contributed by atoms with Crippen LogP contribution in [0.4, 0.5) is 0 Å². The number of aromatic nitrogens is 2. The van der Waals surface area contributed by atoms with Crippen LogP contribution in [0.25, 0.3) is 11.1 Å². The van der Waals surface area contributed by atoms with Crippen LogP contribution in [0, 0.1) is 0 Å². The summed E-state index contributed by atoms with van der Waals surface area (Å²) in [7, 11) is 1.67. The molecule has 0 amide bonds. The van der Waals surface area contributed by atoms with Crippen LogP contribution in [0.2, 0.25) is 0 Å². The topological polar surface area (TPSA) is 27.1 Å². The molecule has 0 aliphatic heterocycles. The molecule has 0 spiro atoms. The van der Waals surface area contributed by atoms with Crippen molar-refractivity contribution in [1.82, 2.24) is 9.78 Å². The summed E-state index contributed by atoms with van der Waals surface area (Å²) in [4.78, 5) is 0. The molecule has 0 aliphatic rings. The lowest BCUT2D eigenvalue weighted by Crippen LogP contribution is -1.91. The van der Waals surface area contributed by atoms with Gasteiger partial charge >= 0.3 is 0 Å². The maximum absolute atomic E-state index is 5.11. The van der Waals surface area contributed by atoms with Crippen molar-refractivity contribution in [1.29, 1.82) is 0 Å². The van der Waals surface area contributed by atoms with Gasteiger partial charge in [-0.1, -0.05) is 12.1 Å². The van der Waals surface area contributed by atoms with E-state index in [1.165, 1.54) is 0 Å². The van der Waals surface area contributed by atoms with E-state index in [1.807, 2.05) is 41.3 Å². The zero-order chi connectivity index (χ0) is 10.7. The van der Waals surface area contributed by atoms with E-state index in [4.69, 9.17) is 4.74 Å². The van der Waals surface area contributed by atoms with Crippen LogP contribution in [0.1, 0.15) is 6.92 Å². The molecule has 0 aliphatic carbocycles. The second-order valence-electron chi connectivity index (χ2n) is 3.31. The number of nitrogens with zero attached hydrogens (tertiary/aromatic N) is 2. The summed E-state index contributed by atoms with van der Waals surface area (Å²) in [6.07, 6.45) is 3.92. The molecule has 2 aromatic rings. The zero-order valence-electron chi connectivity index (χ0n) is 8.97. The molecule has 0 saturated carbocycles. The van der Waals surface area contributed by atoms with E-state index in [2.05, 4.69) is 12.0 Å². The van der Waals surface area contributed by atoms with Gasteiger partial charge < -0.3 is 4.74 Å². The van der Waals surface area contributed by atoms with E-state index in [0.29, 0.717) is 0 Å². The van der Waals surface area contributed by atoms with Gasteiger partial charge in [-0.25, -0.2) is 0 Å². The van der Waals surface area contributed by atoms with Gasteiger partial charge in [0.05, 0.1) is 13.3 Å². The van der Waals surface area contributed by atoms with Crippen LogP contribution in [-0.4, -0.2) is 16.9 Å². The minimum atomic E-state index is 0.877. The summed E-state index contributed by atoms with van der Waals surface area (Å²) in [5, 5.41) is 4.24. The molecule has 0 radical (unpaired) electrons. The Morgan fingerprint density at radius 1 is 1.20 bits per heavy atom. The first-order valence-corrected chi connectivity index (χ1v) is 5.00. The Hall–Kier alpha value is -1.77. The standard InChI is InChI=1S/C12H14N2O/c1-3-14-9-11(8-13-14)10-4-6-12(15-2)7-5-10/h4-9H,3H2,1-2H3. The molecule has 3 heteroatoms. The molecule has 0 bridgehead atoms. The van der Waals surface area contributed by atoms with Gasteiger partial charge in [0.15, 0.2) is 0 Å². The van der Waals surface area contributed by atoms with Gasteiger partial charge in [-0.2, -0.15) is 5.10 Å². The Kier molecular flexibility index (Phi) is 2.72. The molecular formula is C12H14N2O. The SMILES string of the molecule is CCn1cc(-c2ccc(OC)cc2)cn1. The Balaban J connectivity index is 2.28.